The summed E-state index contributed by atoms with van der Waals surface area (Å²) in [6, 6.07) is 0. The fourth-order valence-corrected chi connectivity index (χ4v) is 2.60. The van der Waals surface area contributed by atoms with Crippen LogP contribution in [0.3, 0.4) is 0 Å². The summed E-state index contributed by atoms with van der Waals surface area (Å²) >= 11 is 0. The van der Waals surface area contributed by atoms with Gasteiger partial charge in [0, 0.05) is 12.1 Å². The van der Waals surface area contributed by atoms with Gasteiger partial charge in [0.25, 0.3) is 0 Å². The molecule has 0 amide bonds. The second-order valence-electron chi connectivity index (χ2n) is 4.81. The van der Waals surface area contributed by atoms with Crippen LogP contribution >= 0.6 is 0 Å². The van der Waals surface area contributed by atoms with E-state index < -0.39 is 0 Å². The van der Waals surface area contributed by atoms with Crippen LogP contribution in [-0.4, -0.2) is 30.1 Å². The molecule has 2 N–H and O–H groups in total. The predicted octanol–water partition coefficient (Wildman–Crippen LogP) is 2.24. The summed E-state index contributed by atoms with van der Waals surface area (Å²) < 4.78 is 0. The van der Waals surface area contributed by atoms with E-state index in [4.69, 9.17) is 5.73 Å². The molecular weight excluding hydrogens is 172 g/mol. The highest BCUT2D eigenvalue weighted by Gasteiger charge is 2.33. The molecule has 0 saturated carbocycles. The Morgan fingerprint density at radius 1 is 1.21 bits per heavy atom. The van der Waals surface area contributed by atoms with Crippen LogP contribution < -0.4 is 5.73 Å². The third kappa shape index (κ3) is 2.29. The van der Waals surface area contributed by atoms with Gasteiger partial charge >= 0.3 is 0 Å². The Bertz CT molecular complexity index is 147. The molecule has 1 saturated heterocycles. The van der Waals surface area contributed by atoms with Crippen LogP contribution in [0.1, 0.15) is 46.5 Å². The molecule has 0 spiro atoms. The zero-order valence-electron chi connectivity index (χ0n) is 10.1. The Morgan fingerprint density at radius 2 is 1.71 bits per heavy atom. The molecule has 1 aliphatic rings. The average Bonchev–Trinajstić information content (AvgIpc) is 2.24. The first-order valence-corrected chi connectivity index (χ1v) is 6.13. The van der Waals surface area contributed by atoms with Crippen LogP contribution in [-0.2, 0) is 0 Å². The van der Waals surface area contributed by atoms with E-state index in [9.17, 15) is 0 Å². The van der Waals surface area contributed by atoms with E-state index in [2.05, 4.69) is 25.7 Å². The van der Waals surface area contributed by atoms with Crippen molar-refractivity contribution in [3.8, 4) is 0 Å². The number of piperidine rings is 1. The number of nitrogens with two attached hydrogens (primary N) is 1. The van der Waals surface area contributed by atoms with Gasteiger partial charge in [-0.2, -0.15) is 0 Å². The quantitative estimate of drug-likeness (QED) is 0.750. The van der Waals surface area contributed by atoms with Crippen molar-refractivity contribution in [1.82, 2.24) is 4.90 Å². The summed E-state index contributed by atoms with van der Waals surface area (Å²) in [5, 5.41) is 0. The monoisotopic (exact) mass is 198 g/mol. The molecule has 0 aliphatic carbocycles. The molecular formula is C12H26N2. The van der Waals surface area contributed by atoms with Gasteiger partial charge < -0.3 is 5.73 Å². The van der Waals surface area contributed by atoms with Crippen molar-refractivity contribution in [2.75, 3.05) is 19.6 Å². The number of likely N-dealkylation sites (tertiary alicyclic amines) is 1. The SMILES string of the molecule is CCC(CC)(CN)N1CCC(C)CC1. The molecule has 2 heteroatoms. The lowest BCUT2D eigenvalue weighted by molar-refractivity contribution is 0.0510. The zero-order valence-corrected chi connectivity index (χ0v) is 10.1. The second kappa shape index (κ2) is 5.13. The molecule has 1 fully saturated rings. The van der Waals surface area contributed by atoms with E-state index in [0.717, 1.165) is 12.5 Å². The van der Waals surface area contributed by atoms with Crippen LogP contribution in [0.2, 0.25) is 0 Å². The molecule has 0 radical (unpaired) electrons. The standard InChI is InChI=1S/C12H26N2/c1-4-12(5-2,10-13)14-8-6-11(3)7-9-14/h11H,4-10,13H2,1-3H3. The second-order valence-corrected chi connectivity index (χ2v) is 4.81. The molecule has 14 heavy (non-hydrogen) atoms. The van der Waals surface area contributed by atoms with Crippen LogP contribution in [0.15, 0.2) is 0 Å². The molecule has 2 nitrogen and oxygen atoms in total. The predicted molar refractivity (Wildman–Crippen MR) is 62.3 cm³/mol. The highest BCUT2D eigenvalue weighted by Crippen LogP contribution is 2.28. The fourth-order valence-electron chi connectivity index (χ4n) is 2.60. The maximum Gasteiger partial charge on any atom is 0.0326 e. The lowest BCUT2D eigenvalue weighted by atomic mass is 9.87. The van der Waals surface area contributed by atoms with Gasteiger partial charge in [0.2, 0.25) is 0 Å². The van der Waals surface area contributed by atoms with Gasteiger partial charge in [0.05, 0.1) is 0 Å². The summed E-state index contributed by atoms with van der Waals surface area (Å²) in [6.45, 7) is 10.2. The van der Waals surface area contributed by atoms with Gasteiger partial charge in [-0.25, -0.2) is 0 Å². The van der Waals surface area contributed by atoms with Gasteiger partial charge in [-0.15, -0.1) is 0 Å². The number of rotatable bonds is 4. The van der Waals surface area contributed by atoms with E-state index in [1.54, 1.807) is 0 Å². The van der Waals surface area contributed by atoms with Crippen LogP contribution in [0.25, 0.3) is 0 Å². The first kappa shape index (κ1) is 12.0. The Morgan fingerprint density at radius 3 is 2.07 bits per heavy atom. The average molecular weight is 198 g/mol. The van der Waals surface area contributed by atoms with E-state index in [-0.39, 0.29) is 0 Å². The van der Waals surface area contributed by atoms with Crippen molar-refractivity contribution < 1.29 is 0 Å². The first-order chi connectivity index (χ1) is 6.68. The normalized spacial score (nSPS) is 21.4. The minimum Gasteiger partial charge on any atom is -0.329 e. The van der Waals surface area contributed by atoms with Crippen molar-refractivity contribution in [3.05, 3.63) is 0 Å². The van der Waals surface area contributed by atoms with Gasteiger partial charge in [0.15, 0.2) is 0 Å². The molecule has 84 valence electrons. The van der Waals surface area contributed by atoms with Crippen LogP contribution in [0.5, 0.6) is 0 Å². The third-order valence-corrected chi connectivity index (χ3v) is 4.15. The fraction of sp³-hybridized carbons (Fsp3) is 1.00. The molecule has 0 atom stereocenters. The number of nitrogens with zero attached hydrogens (tertiary/aromatic N) is 1. The third-order valence-electron chi connectivity index (χ3n) is 4.15. The van der Waals surface area contributed by atoms with E-state index in [1.165, 1.54) is 38.8 Å². The lowest BCUT2D eigenvalue weighted by Gasteiger charge is -2.45. The topological polar surface area (TPSA) is 29.3 Å². The molecule has 1 rings (SSSR count). The number of hydrogen-bond donors (Lipinski definition) is 1. The summed E-state index contributed by atoms with van der Waals surface area (Å²) in [6.07, 6.45) is 5.08. The summed E-state index contributed by atoms with van der Waals surface area (Å²) in [5.41, 5.74) is 6.24. The lowest BCUT2D eigenvalue weighted by Crippen LogP contribution is -2.55. The van der Waals surface area contributed by atoms with Crippen molar-refractivity contribution in [2.45, 2.75) is 52.0 Å². The maximum absolute atomic E-state index is 5.95. The van der Waals surface area contributed by atoms with Crippen molar-refractivity contribution in [2.24, 2.45) is 11.7 Å². The van der Waals surface area contributed by atoms with E-state index >= 15 is 0 Å². The van der Waals surface area contributed by atoms with Gasteiger partial charge in [-0.3, -0.25) is 4.90 Å². The maximum atomic E-state index is 5.95. The van der Waals surface area contributed by atoms with Gasteiger partial charge in [-0.1, -0.05) is 20.8 Å². The summed E-state index contributed by atoms with van der Waals surface area (Å²) in [4.78, 5) is 2.63. The Kier molecular flexibility index (Phi) is 4.39. The highest BCUT2D eigenvalue weighted by molar-refractivity contribution is 4.91. The molecule has 0 aromatic carbocycles. The molecule has 0 aromatic heterocycles. The molecule has 0 unspecified atom stereocenters. The van der Waals surface area contributed by atoms with Gasteiger partial charge in [-0.05, 0) is 44.7 Å². The van der Waals surface area contributed by atoms with Crippen molar-refractivity contribution in [1.29, 1.82) is 0 Å². The molecule has 0 aromatic rings. The summed E-state index contributed by atoms with van der Waals surface area (Å²) in [5.74, 6) is 0.912. The van der Waals surface area contributed by atoms with Crippen molar-refractivity contribution in [3.63, 3.8) is 0 Å². The van der Waals surface area contributed by atoms with Crippen LogP contribution in [0.4, 0.5) is 0 Å². The Balaban J connectivity index is 2.60. The van der Waals surface area contributed by atoms with E-state index in [1.807, 2.05) is 0 Å². The Hall–Kier alpha value is -0.0800. The van der Waals surface area contributed by atoms with Crippen LogP contribution in [0, 0.1) is 5.92 Å². The van der Waals surface area contributed by atoms with E-state index in [0.29, 0.717) is 5.54 Å². The van der Waals surface area contributed by atoms with Crippen molar-refractivity contribution >= 4 is 0 Å². The molecule has 1 aliphatic heterocycles. The molecule has 0 bridgehead atoms. The number of hydrogen-bond acceptors (Lipinski definition) is 2. The minimum atomic E-state index is 0.292. The minimum absolute atomic E-state index is 0.292. The Labute approximate surface area is 88.8 Å². The smallest absolute Gasteiger partial charge is 0.0326 e. The zero-order chi connectivity index (χ0) is 10.6. The van der Waals surface area contributed by atoms with Gasteiger partial charge in [0.1, 0.15) is 0 Å². The first-order valence-electron chi connectivity index (χ1n) is 6.13. The largest absolute Gasteiger partial charge is 0.329 e. The summed E-state index contributed by atoms with van der Waals surface area (Å²) in [7, 11) is 0. The molecule has 1 heterocycles. The highest BCUT2D eigenvalue weighted by atomic mass is 15.2.